The number of fused-ring (bicyclic) bond motifs is 1. The minimum Gasteiger partial charge on any atom is -0.497 e. The molecular weight excluding hydrogens is 298 g/mol. The van der Waals surface area contributed by atoms with E-state index in [1.807, 2.05) is 6.07 Å². The first-order valence-corrected chi connectivity index (χ1v) is 7.20. The Labute approximate surface area is 133 Å². The molecule has 1 aromatic heterocycles. The van der Waals surface area contributed by atoms with Crippen molar-refractivity contribution in [3.05, 3.63) is 51.4 Å². The van der Waals surface area contributed by atoms with Crippen LogP contribution in [-0.2, 0) is 4.79 Å². The van der Waals surface area contributed by atoms with Crippen molar-refractivity contribution in [2.45, 2.75) is 19.3 Å². The number of rotatable bonds is 3. The zero-order valence-electron chi connectivity index (χ0n) is 13.1. The lowest BCUT2D eigenvalue weighted by molar-refractivity contribution is -0.135. The first kappa shape index (κ1) is 15.1. The van der Waals surface area contributed by atoms with E-state index in [2.05, 4.69) is 4.98 Å². The Morgan fingerprint density at radius 2 is 1.96 bits per heavy atom. The highest BCUT2D eigenvalue weighted by Crippen LogP contribution is 2.41. The molecule has 6 heteroatoms. The number of nitrogens with one attached hydrogen (secondary N) is 1. The third kappa shape index (κ3) is 2.67. The van der Waals surface area contributed by atoms with E-state index >= 15 is 0 Å². The fourth-order valence-electron chi connectivity index (χ4n) is 2.89. The fourth-order valence-corrected chi connectivity index (χ4v) is 2.89. The highest BCUT2D eigenvalue weighted by molar-refractivity contribution is 5.78. The number of carbonyl (C=O) groups excluding carboxylic acids is 1. The van der Waals surface area contributed by atoms with E-state index in [1.54, 1.807) is 39.3 Å². The molecule has 23 heavy (non-hydrogen) atoms. The van der Waals surface area contributed by atoms with Gasteiger partial charge in [-0.3, -0.25) is 9.59 Å². The van der Waals surface area contributed by atoms with Gasteiger partial charge in [-0.05, 0) is 13.0 Å². The van der Waals surface area contributed by atoms with Crippen molar-refractivity contribution in [1.82, 2.24) is 4.98 Å². The van der Waals surface area contributed by atoms with Crippen molar-refractivity contribution in [2.24, 2.45) is 0 Å². The van der Waals surface area contributed by atoms with E-state index in [0.29, 0.717) is 28.5 Å². The van der Waals surface area contributed by atoms with Gasteiger partial charge < -0.3 is 19.2 Å². The molecule has 2 aromatic rings. The van der Waals surface area contributed by atoms with Gasteiger partial charge in [0.05, 0.1) is 26.2 Å². The molecule has 0 amide bonds. The van der Waals surface area contributed by atoms with Gasteiger partial charge in [0.25, 0.3) is 5.56 Å². The number of benzene rings is 1. The van der Waals surface area contributed by atoms with Crippen LogP contribution in [-0.4, -0.2) is 25.2 Å². The monoisotopic (exact) mass is 315 g/mol. The average Bonchev–Trinajstić information content (AvgIpc) is 2.52. The van der Waals surface area contributed by atoms with Crippen molar-refractivity contribution in [3.8, 4) is 17.2 Å². The molecule has 1 aliphatic rings. The molecule has 0 radical (unpaired) electrons. The Morgan fingerprint density at radius 3 is 2.65 bits per heavy atom. The van der Waals surface area contributed by atoms with Crippen LogP contribution < -0.4 is 19.8 Å². The van der Waals surface area contributed by atoms with Crippen LogP contribution in [0.5, 0.6) is 17.2 Å². The molecule has 120 valence electrons. The van der Waals surface area contributed by atoms with Crippen LogP contribution in [0, 0.1) is 6.92 Å². The highest BCUT2D eigenvalue weighted by Gasteiger charge is 2.33. The summed E-state index contributed by atoms with van der Waals surface area (Å²) in [6.07, 6.45) is 0.0851. The summed E-state index contributed by atoms with van der Waals surface area (Å²) in [6, 6.07) is 6.98. The molecular formula is C17H17NO5. The van der Waals surface area contributed by atoms with Gasteiger partial charge in [-0.15, -0.1) is 0 Å². The predicted molar refractivity (Wildman–Crippen MR) is 83.4 cm³/mol. The smallest absolute Gasteiger partial charge is 0.312 e. The molecule has 3 rings (SSSR count). The normalized spacial score (nSPS) is 16.5. The number of ether oxygens (including phenoxy) is 3. The van der Waals surface area contributed by atoms with Crippen LogP contribution in [0.1, 0.15) is 29.2 Å². The molecule has 0 fully saturated rings. The number of hydrogen-bond donors (Lipinski definition) is 1. The topological polar surface area (TPSA) is 77.6 Å². The van der Waals surface area contributed by atoms with Crippen molar-refractivity contribution in [2.75, 3.05) is 14.2 Å². The number of pyridine rings is 1. The van der Waals surface area contributed by atoms with Crippen LogP contribution in [0.3, 0.4) is 0 Å². The number of esters is 1. The molecule has 1 aliphatic heterocycles. The molecule has 0 saturated heterocycles. The number of H-pyrrole nitrogens is 1. The quantitative estimate of drug-likeness (QED) is 0.878. The molecule has 0 saturated carbocycles. The summed E-state index contributed by atoms with van der Waals surface area (Å²) < 4.78 is 15.8. The van der Waals surface area contributed by atoms with Crippen molar-refractivity contribution >= 4 is 5.97 Å². The minimum atomic E-state index is -0.420. The molecule has 1 N–H and O–H groups in total. The van der Waals surface area contributed by atoms with E-state index in [-0.39, 0.29) is 17.9 Å². The molecule has 1 atom stereocenters. The molecule has 0 spiro atoms. The first-order chi connectivity index (χ1) is 11.0. The lowest BCUT2D eigenvalue weighted by Gasteiger charge is -2.25. The van der Waals surface area contributed by atoms with Gasteiger partial charge in [-0.1, -0.05) is 6.07 Å². The summed E-state index contributed by atoms with van der Waals surface area (Å²) in [7, 11) is 3.11. The number of carbonyl (C=O) groups is 1. The molecule has 0 bridgehead atoms. The number of aromatic nitrogens is 1. The maximum absolute atomic E-state index is 12.4. The van der Waals surface area contributed by atoms with E-state index in [1.165, 1.54) is 0 Å². The van der Waals surface area contributed by atoms with Gasteiger partial charge in [-0.2, -0.15) is 0 Å². The Bertz CT molecular complexity index is 824. The van der Waals surface area contributed by atoms with Gasteiger partial charge in [0.15, 0.2) is 0 Å². The largest absolute Gasteiger partial charge is 0.497 e. The Kier molecular flexibility index (Phi) is 3.82. The van der Waals surface area contributed by atoms with Crippen LogP contribution >= 0.6 is 0 Å². The van der Waals surface area contributed by atoms with E-state index in [9.17, 15) is 9.59 Å². The molecule has 0 unspecified atom stereocenters. The summed E-state index contributed by atoms with van der Waals surface area (Å²) in [5.74, 6) is 0.726. The second kappa shape index (κ2) is 5.79. The van der Waals surface area contributed by atoms with Gasteiger partial charge >= 0.3 is 5.97 Å². The van der Waals surface area contributed by atoms with Crippen molar-refractivity contribution in [3.63, 3.8) is 0 Å². The van der Waals surface area contributed by atoms with Gasteiger partial charge in [0, 0.05) is 29.3 Å². The number of aromatic amines is 1. The van der Waals surface area contributed by atoms with Gasteiger partial charge in [-0.25, -0.2) is 0 Å². The van der Waals surface area contributed by atoms with E-state index in [4.69, 9.17) is 14.2 Å². The molecule has 1 aromatic carbocycles. The molecule has 6 nitrogen and oxygen atoms in total. The zero-order chi connectivity index (χ0) is 16.6. The van der Waals surface area contributed by atoms with E-state index < -0.39 is 5.92 Å². The number of methoxy groups -OCH3 is 2. The third-order valence-corrected chi connectivity index (χ3v) is 3.93. The third-order valence-electron chi connectivity index (χ3n) is 3.93. The molecule has 0 aliphatic carbocycles. The van der Waals surface area contributed by atoms with Gasteiger partial charge in [0.1, 0.15) is 17.2 Å². The van der Waals surface area contributed by atoms with E-state index in [0.717, 1.165) is 5.56 Å². The second-order valence-electron chi connectivity index (χ2n) is 5.40. The molecule has 2 heterocycles. The summed E-state index contributed by atoms with van der Waals surface area (Å²) in [5.41, 5.74) is 1.58. The van der Waals surface area contributed by atoms with Crippen LogP contribution in [0.4, 0.5) is 0 Å². The first-order valence-electron chi connectivity index (χ1n) is 7.20. The fraction of sp³-hybridized carbons (Fsp3) is 0.294. The van der Waals surface area contributed by atoms with Crippen LogP contribution in [0.25, 0.3) is 0 Å². The Hall–Kier alpha value is -2.76. The van der Waals surface area contributed by atoms with Crippen molar-refractivity contribution < 1.29 is 19.0 Å². The lowest BCUT2D eigenvalue weighted by atomic mass is 9.86. The summed E-state index contributed by atoms with van der Waals surface area (Å²) >= 11 is 0. The van der Waals surface area contributed by atoms with Crippen LogP contribution in [0.15, 0.2) is 29.1 Å². The minimum absolute atomic E-state index is 0.0851. The predicted octanol–water partition coefficient (Wildman–Crippen LogP) is 2.14. The number of aryl methyl sites for hydroxylation is 1. The standard InChI is InChI=1S/C17H17NO5/c1-9-6-14-16(17(20)18-9)12(8-15(19)23-14)11-5-4-10(21-2)7-13(11)22-3/h4-7,12H,8H2,1-3H3,(H,18,20)/t12-/m1/s1. The Morgan fingerprint density at radius 1 is 1.17 bits per heavy atom. The number of hydrogen-bond acceptors (Lipinski definition) is 5. The summed E-state index contributed by atoms with van der Waals surface area (Å²) in [5, 5.41) is 0. The maximum atomic E-state index is 12.4. The average molecular weight is 315 g/mol. The maximum Gasteiger partial charge on any atom is 0.312 e. The Balaban J connectivity index is 2.19. The lowest BCUT2D eigenvalue weighted by Crippen LogP contribution is -2.28. The highest BCUT2D eigenvalue weighted by atomic mass is 16.5. The van der Waals surface area contributed by atoms with Crippen LogP contribution in [0.2, 0.25) is 0 Å². The zero-order valence-corrected chi connectivity index (χ0v) is 13.1. The van der Waals surface area contributed by atoms with Gasteiger partial charge in [0.2, 0.25) is 0 Å². The van der Waals surface area contributed by atoms with Crippen molar-refractivity contribution in [1.29, 1.82) is 0 Å². The summed E-state index contributed by atoms with van der Waals surface area (Å²) in [6.45, 7) is 1.74. The SMILES string of the molecule is COc1ccc([C@H]2CC(=O)Oc3cc(C)[nH]c(=O)c32)c(OC)c1. The summed E-state index contributed by atoms with van der Waals surface area (Å²) in [4.78, 5) is 27.1. The second-order valence-corrected chi connectivity index (χ2v) is 5.40.